The van der Waals surface area contributed by atoms with E-state index in [1.165, 1.54) is 36.0 Å². The zero-order chi connectivity index (χ0) is 14.8. The number of hydrogen-bond acceptors (Lipinski definition) is 2. The molecule has 0 saturated heterocycles. The molecule has 5 rings (SSSR count). The third-order valence-electron chi connectivity index (χ3n) is 6.61. The minimum absolute atomic E-state index is 0.0998. The van der Waals surface area contributed by atoms with E-state index in [0.717, 1.165) is 19.3 Å². The first-order valence-electron chi connectivity index (χ1n) is 8.22. The lowest BCUT2D eigenvalue weighted by Crippen LogP contribution is -2.59. The van der Waals surface area contributed by atoms with Crippen LogP contribution in [0.4, 0.5) is 0 Å². The summed E-state index contributed by atoms with van der Waals surface area (Å²) in [7, 11) is 0. The number of carbonyl (C=O) groups is 1. The molecule has 4 fully saturated rings. The smallest absolute Gasteiger partial charge is 0.0476 e. The minimum Gasteiger partial charge on any atom is -0.550 e. The number of carboxylic acids is 1. The number of carbonyl (C=O) groups excluding carboxylic acids is 1. The van der Waals surface area contributed by atoms with Gasteiger partial charge in [0.05, 0.1) is 0 Å². The first kappa shape index (κ1) is 13.4. The van der Waals surface area contributed by atoms with E-state index >= 15 is 0 Å². The molecule has 1 aromatic rings. The van der Waals surface area contributed by atoms with Crippen molar-refractivity contribution in [1.29, 1.82) is 0 Å². The molecular weight excluding hydrogens is 260 g/mol. The highest BCUT2D eigenvalue weighted by atomic mass is 16.4. The lowest BCUT2D eigenvalue weighted by Gasteiger charge is -2.62. The van der Waals surface area contributed by atoms with Crippen molar-refractivity contribution in [1.82, 2.24) is 0 Å². The zero-order valence-corrected chi connectivity index (χ0v) is 12.9. The lowest BCUT2D eigenvalue weighted by molar-refractivity contribution is -0.327. The van der Waals surface area contributed by atoms with Gasteiger partial charge in [-0.25, -0.2) is 0 Å². The molecular formula is C19H23O2-. The lowest BCUT2D eigenvalue weighted by atomic mass is 9.43. The van der Waals surface area contributed by atoms with Gasteiger partial charge in [-0.2, -0.15) is 0 Å². The molecule has 0 heterocycles. The number of carboxylic acid groups (broad SMARTS) is 1. The Labute approximate surface area is 126 Å². The van der Waals surface area contributed by atoms with E-state index < -0.39 is 11.4 Å². The molecule has 112 valence electrons. The van der Waals surface area contributed by atoms with E-state index in [9.17, 15) is 9.90 Å². The van der Waals surface area contributed by atoms with Crippen molar-refractivity contribution in [2.45, 2.75) is 57.8 Å². The predicted molar refractivity (Wildman–Crippen MR) is 79.7 cm³/mol. The maximum Gasteiger partial charge on any atom is 0.0476 e. The summed E-state index contributed by atoms with van der Waals surface area (Å²) in [5, 5.41) is 11.8. The fourth-order valence-electron chi connectivity index (χ4n) is 5.91. The Hall–Kier alpha value is -1.31. The monoisotopic (exact) mass is 283 g/mol. The van der Waals surface area contributed by atoms with Crippen LogP contribution in [0.15, 0.2) is 18.2 Å². The van der Waals surface area contributed by atoms with Crippen molar-refractivity contribution >= 4 is 5.97 Å². The summed E-state index contributed by atoms with van der Waals surface area (Å²) >= 11 is 0. The second-order valence-electron chi connectivity index (χ2n) is 8.11. The van der Waals surface area contributed by atoms with Crippen molar-refractivity contribution in [2.24, 2.45) is 17.3 Å². The Morgan fingerprint density at radius 1 is 1.10 bits per heavy atom. The Balaban J connectivity index is 1.80. The number of aliphatic carboxylic acids is 1. The number of benzene rings is 1. The van der Waals surface area contributed by atoms with Crippen LogP contribution >= 0.6 is 0 Å². The van der Waals surface area contributed by atoms with Crippen LogP contribution in [0.5, 0.6) is 0 Å². The molecule has 2 heteroatoms. The number of aryl methyl sites for hydroxylation is 2. The van der Waals surface area contributed by atoms with Crippen LogP contribution in [0.2, 0.25) is 0 Å². The largest absolute Gasteiger partial charge is 0.550 e. The van der Waals surface area contributed by atoms with Gasteiger partial charge in [-0.15, -0.1) is 0 Å². The van der Waals surface area contributed by atoms with Crippen LogP contribution in [-0.2, 0) is 10.2 Å². The van der Waals surface area contributed by atoms with E-state index in [2.05, 4.69) is 32.0 Å². The van der Waals surface area contributed by atoms with Gasteiger partial charge in [-0.3, -0.25) is 0 Å². The Morgan fingerprint density at radius 3 is 2.33 bits per heavy atom. The van der Waals surface area contributed by atoms with Gasteiger partial charge >= 0.3 is 0 Å². The first-order chi connectivity index (χ1) is 9.92. The van der Waals surface area contributed by atoms with Crippen LogP contribution in [0, 0.1) is 31.1 Å². The van der Waals surface area contributed by atoms with Crippen molar-refractivity contribution in [2.75, 3.05) is 0 Å². The van der Waals surface area contributed by atoms with Gasteiger partial charge in [0.2, 0.25) is 0 Å². The van der Waals surface area contributed by atoms with Crippen molar-refractivity contribution in [3.05, 3.63) is 34.9 Å². The van der Waals surface area contributed by atoms with Gasteiger partial charge < -0.3 is 9.90 Å². The average Bonchev–Trinajstić information content (AvgIpc) is 2.40. The first-order valence-corrected chi connectivity index (χ1v) is 8.22. The summed E-state index contributed by atoms with van der Waals surface area (Å²) in [4.78, 5) is 11.8. The van der Waals surface area contributed by atoms with Gasteiger partial charge in [0.1, 0.15) is 0 Å². The van der Waals surface area contributed by atoms with Gasteiger partial charge in [0.15, 0.2) is 0 Å². The topological polar surface area (TPSA) is 40.1 Å². The fourth-order valence-corrected chi connectivity index (χ4v) is 5.91. The zero-order valence-electron chi connectivity index (χ0n) is 12.9. The second kappa shape index (κ2) is 4.12. The van der Waals surface area contributed by atoms with E-state index in [4.69, 9.17) is 0 Å². The van der Waals surface area contributed by atoms with E-state index in [1.807, 2.05) is 0 Å². The predicted octanol–water partition coefficient (Wildman–Crippen LogP) is 2.89. The fraction of sp³-hybridized carbons (Fsp3) is 0.632. The number of hydrogen-bond donors (Lipinski definition) is 0. The molecule has 21 heavy (non-hydrogen) atoms. The van der Waals surface area contributed by atoms with E-state index in [1.54, 1.807) is 0 Å². The molecule has 2 atom stereocenters. The van der Waals surface area contributed by atoms with Crippen LogP contribution in [0.25, 0.3) is 0 Å². The third kappa shape index (κ3) is 1.81. The maximum absolute atomic E-state index is 11.8. The van der Waals surface area contributed by atoms with Crippen LogP contribution in [-0.4, -0.2) is 5.97 Å². The standard InChI is InChI=1S/C19H24O2/c1-12-3-4-16(5-13(12)2)18-7-14-6-15(8-18)10-19(9-14,11-18)17(20)21/h3-5,14-15H,6-11H2,1-2H3,(H,20,21)/p-1. The third-order valence-corrected chi connectivity index (χ3v) is 6.61. The van der Waals surface area contributed by atoms with Gasteiger partial charge in [0, 0.05) is 11.4 Å². The molecule has 2 unspecified atom stereocenters. The Kier molecular flexibility index (Phi) is 2.62. The Morgan fingerprint density at radius 2 is 1.76 bits per heavy atom. The second-order valence-corrected chi connectivity index (χ2v) is 8.11. The number of rotatable bonds is 2. The molecule has 2 nitrogen and oxygen atoms in total. The minimum atomic E-state index is -0.787. The van der Waals surface area contributed by atoms with Crippen molar-refractivity contribution in [3.8, 4) is 0 Å². The molecule has 4 aliphatic carbocycles. The molecule has 0 aromatic heterocycles. The summed E-state index contributed by atoms with van der Waals surface area (Å²) in [6.45, 7) is 4.30. The van der Waals surface area contributed by atoms with Crippen molar-refractivity contribution < 1.29 is 9.90 Å². The van der Waals surface area contributed by atoms with Gasteiger partial charge in [-0.05, 0) is 86.3 Å². The molecule has 0 N–H and O–H groups in total. The van der Waals surface area contributed by atoms with Gasteiger partial charge in [0.25, 0.3) is 0 Å². The van der Waals surface area contributed by atoms with Crippen LogP contribution in [0.3, 0.4) is 0 Å². The molecule has 0 amide bonds. The summed E-state index contributed by atoms with van der Waals surface area (Å²) in [6.07, 6.45) is 6.12. The molecule has 0 spiro atoms. The Bertz CT molecular complexity index is 602. The SMILES string of the molecule is Cc1ccc(C23CC4CC(CC(C(=O)[O-])(C4)C2)C3)cc1C. The molecule has 4 aliphatic rings. The molecule has 4 bridgehead atoms. The average molecular weight is 283 g/mol. The maximum atomic E-state index is 11.8. The van der Waals surface area contributed by atoms with E-state index in [-0.39, 0.29) is 5.41 Å². The van der Waals surface area contributed by atoms with Gasteiger partial charge in [-0.1, -0.05) is 18.2 Å². The molecule has 4 saturated carbocycles. The molecule has 0 radical (unpaired) electrons. The highest BCUT2D eigenvalue weighted by molar-refractivity contribution is 5.73. The normalized spacial score (nSPS) is 40.5. The summed E-state index contributed by atoms with van der Waals surface area (Å²) < 4.78 is 0. The van der Waals surface area contributed by atoms with Crippen LogP contribution in [0.1, 0.15) is 55.2 Å². The molecule has 1 aromatic carbocycles. The summed E-state index contributed by atoms with van der Waals surface area (Å²) in [6, 6.07) is 6.76. The highest BCUT2D eigenvalue weighted by Gasteiger charge is 2.58. The van der Waals surface area contributed by atoms with E-state index in [0.29, 0.717) is 11.8 Å². The highest BCUT2D eigenvalue weighted by Crippen LogP contribution is 2.65. The molecule has 0 aliphatic heterocycles. The van der Waals surface area contributed by atoms with Crippen LogP contribution < -0.4 is 5.11 Å². The summed E-state index contributed by atoms with van der Waals surface area (Å²) in [5.74, 6) is 0.390. The van der Waals surface area contributed by atoms with Crippen molar-refractivity contribution in [3.63, 3.8) is 0 Å². The quantitative estimate of drug-likeness (QED) is 0.837. The summed E-state index contributed by atoms with van der Waals surface area (Å²) in [5.41, 5.74) is 3.58.